The van der Waals surface area contributed by atoms with E-state index in [0.29, 0.717) is 18.3 Å². The number of halogens is 2. The maximum Gasteiger partial charge on any atom is 0.191 e. The van der Waals surface area contributed by atoms with Gasteiger partial charge in [-0.3, -0.25) is 14.9 Å². The fourth-order valence-corrected chi connectivity index (χ4v) is 3.92. The van der Waals surface area contributed by atoms with Crippen LogP contribution in [0.1, 0.15) is 24.0 Å². The van der Waals surface area contributed by atoms with Crippen LogP contribution < -0.4 is 15.4 Å². The first-order valence-corrected chi connectivity index (χ1v) is 11.3. The first-order chi connectivity index (χ1) is 16.2. The van der Waals surface area contributed by atoms with Gasteiger partial charge in [-0.25, -0.2) is 4.39 Å². The summed E-state index contributed by atoms with van der Waals surface area (Å²) in [4.78, 5) is 10.8. The van der Waals surface area contributed by atoms with E-state index in [4.69, 9.17) is 4.74 Å². The van der Waals surface area contributed by atoms with Crippen molar-refractivity contribution >= 4 is 29.9 Å². The molecule has 8 heteroatoms. The van der Waals surface area contributed by atoms with E-state index >= 15 is 0 Å². The maximum atomic E-state index is 14.5. The summed E-state index contributed by atoms with van der Waals surface area (Å²) in [7, 11) is 1.76. The van der Waals surface area contributed by atoms with Gasteiger partial charge in [0, 0.05) is 45.5 Å². The molecule has 1 aliphatic rings. The fraction of sp³-hybridized carbons (Fsp3) is 0.308. The van der Waals surface area contributed by atoms with E-state index in [0.717, 1.165) is 44.0 Å². The van der Waals surface area contributed by atoms with Gasteiger partial charge in [-0.1, -0.05) is 36.4 Å². The van der Waals surface area contributed by atoms with Crippen LogP contribution in [0.4, 0.5) is 4.39 Å². The lowest BCUT2D eigenvalue weighted by molar-refractivity contribution is 0.198. The number of pyridine rings is 1. The van der Waals surface area contributed by atoms with Crippen molar-refractivity contribution in [3.63, 3.8) is 0 Å². The lowest BCUT2D eigenvalue weighted by Crippen LogP contribution is -2.48. The molecule has 1 fully saturated rings. The van der Waals surface area contributed by atoms with Gasteiger partial charge in [-0.15, -0.1) is 24.0 Å². The molecule has 4 rings (SSSR count). The molecule has 0 aliphatic carbocycles. The topological polar surface area (TPSA) is 61.8 Å². The van der Waals surface area contributed by atoms with Crippen molar-refractivity contribution in [1.29, 1.82) is 0 Å². The van der Waals surface area contributed by atoms with Crippen LogP contribution >= 0.6 is 24.0 Å². The zero-order chi connectivity index (χ0) is 22.9. The summed E-state index contributed by atoms with van der Waals surface area (Å²) in [6.45, 7) is 3.56. The number of rotatable bonds is 7. The van der Waals surface area contributed by atoms with E-state index in [2.05, 4.69) is 55.8 Å². The van der Waals surface area contributed by atoms with Crippen molar-refractivity contribution in [3.8, 4) is 11.5 Å². The number of hydrogen-bond donors (Lipinski definition) is 2. The van der Waals surface area contributed by atoms with Gasteiger partial charge >= 0.3 is 0 Å². The number of ether oxygens (including phenoxy) is 1. The summed E-state index contributed by atoms with van der Waals surface area (Å²) < 4.78 is 20.0. The van der Waals surface area contributed by atoms with Crippen LogP contribution in [-0.2, 0) is 13.1 Å². The van der Waals surface area contributed by atoms with Gasteiger partial charge in [0.05, 0.1) is 6.20 Å². The molecular weight excluding hydrogens is 544 g/mol. The number of nitrogens with one attached hydrogen (secondary N) is 2. The quantitative estimate of drug-likeness (QED) is 0.237. The van der Waals surface area contributed by atoms with Gasteiger partial charge in [0.1, 0.15) is 5.75 Å². The number of piperidine rings is 1. The molecule has 0 saturated carbocycles. The summed E-state index contributed by atoms with van der Waals surface area (Å²) in [5.74, 6) is 0.998. The average molecular weight is 575 g/mol. The summed E-state index contributed by atoms with van der Waals surface area (Å²) in [5, 5.41) is 6.79. The molecule has 0 atom stereocenters. The Morgan fingerprint density at radius 3 is 2.56 bits per heavy atom. The molecule has 1 aromatic heterocycles. The number of nitrogens with zero attached hydrogens (tertiary/aromatic N) is 3. The van der Waals surface area contributed by atoms with Crippen LogP contribution in [0.15, 0.2) is 78.0 Å². The highest BCUT2D eigenvalue weighted by atomic mass is 127. The molecule has 180 valence electrons. The monoisotopic (exact) mass is 575 g/mol. The van der Waals surface area contributed by atoms with E-state index in [1.807, 2.05) is 6.07 Å². The third-order valence-corrected chi connectivity index (χ3v) is 5.72. The number of benzene rings is 2. The largest absolute Gasteiger partial charge is 0.453 e. The number of aliphatic imine (C=N–C) groups is 1. The molecule has 3 aromatic rings. The van der Waals surface area contributed by atoms with Gasteiger partial charge in [-0.05, 0) is 48.2 Å². The minimum absolute atomic E-state index is 0. The van der Waals surface area contributed by atoms with Crippen molar-refractivity contribution in [2.45, 2.75) is 32.0 Å². The molecule has 6 nitrogen and oxygen atoms in total. The first kappa shape index (κ1) is 25.9. The Labute approximate surface area is 217 Å². The third-order valence-electron chi connectivity index (χ3n) is 5.72. The normalized spacial score (nSPS) is 14.8. The van der Waals surface area contributed by atoms with Crippen molar-refractivity contribution in [2.24, 2.45) is 4.99 Å². The Hall–Kier alpha value is -2.72. The summed E-state index contributed by atoms with van der Waals surface area (Å²) in [6, 6.07) is 19.4. The molecular formula is C26H31FIN5O. The summed E-state index contributed by atoms with van der Waals surface area (Å²) in [5.41, 5.74) is 2.16. The van der Waals surface area contributed by atoms with Crippen molar-refractivity contribution < 1.29 is 9.13 Å². The van der Waals surface area contributed by atoms with Gasteiger partial charge in [0.25, 0.3) is 0 Å². The zero-order valence-electron chi connectivity index (χ0n) is 19.3. The first-order valence-electron chi connectivity index (χ1n) is 11.3. The lowest BCUT2D eigenvalue weighted by Gasteiger charge is -2.33. The van der Waals surface area contributed by atoms with Crippen molar-refractivity contribution in [2.75, 3.05) is 20.1 Å². The van der Waals surface area contributed by atoms with Gasteiger partial charge in [0.2, 0.25) is 0 Å². The van der Waals surface area contributed by atoms with Crippen LogP contribution in [0.3, 0.4) is 0 Å². The molecule has 34 heavy (non-hydrogen) atoms. The molecule has 2 aromatic carbocycles. The molecule has 0 amide bonds. The average Bonchev–Trinajstić information content (AvgIpc) is 2.85. The number of likely N-dealkylation sites (tertiary alicyclic amines) is 1. The second kappa shape index (κ2) is 13.2. The van der Waals surface area contributed by atoms with E-state index in [1.54, 1.807) is 37.6 Å². The van der Waals surface area contributed by atoms with Gasteiger partial charge in [-0.2, -0.15) is 0 Å². The van der Waals surface area contributed by atoms with E-state index in [1.165, 1.54) is 11.6 Å². The number of guanidine groups is 1. The van der Waals surface area contributed by atoms with Crippen molar-refractivity contribution in [1.82, 2.24) is 20.5 Å². The molecule has 0 bridgehead atoms. The molecule has 0 radical (unpaired) electrons. The SMILES string of the molecule is CN=C(NCc1ccc(Oc2cccnc2)c(F)c1)NC1CCN(Cc2ccccc2)CC1.I. The number of hydrogen-bond acceptors (Lipinski definition) is 4. The minimum Gasteiger partial charge on any atom is -0.453 e. The van der Waals surface area contributed by atoms with E-state index in [-0.39, 0.29) is 29.7 Å². The van der Waals surface area contributed by atoms with Crippen LogP contribution in [-0.4, -0.2) is 42.0 Å². The summed E-state index contributed by atoms with van der Waals surface area (Å²) >= 11 is 0. The molecule has 0 unspecified atom stereocenters. The minimum atomic E-state index is -0.410. The Kier molecular flexibility index (Phi) is 10.1. The highest BCUT2D eigenvalue weighted by molar-refractivity contribution is 14.0. The predicted molar refractivity (Wildman–Crippen MR) is 144 cm³/mol. The van der Waals surface area contributed by atoms with Crippen molar-refractivity contribution in [3.05, 3.63) is 90.0 Å². The van der Waals surface area contributed by atoms with Gasteiger partial charge in [0.15, 0.2) is 17.5 Å². The molecule has 1 saturated heterocycles. The third kappa shape index (κ3) is 7.66. The van der Waals surface area contributed by atoms with Crippen LogP contribution in [0, 0.1) is 5.82 Å². The Balaban J connectivity index is 0.00000324. The highest BCUT2D eigenvalue weighted by Crippen LogP contribution is 2.24. The van der Waals surface area contributed by atoms with Crippen LogP contribution in [0.25, 0.3) is 0 Å². The Morgan fingerprint density at radius 2 is 1.88 bits per heavy atom. The Morgan fingerprint density at radius 1 is 1.09 bits per heavy atom. The fourth-order valence-electron chi connectivity index (χ4n) is 3.92. The predicted octanol–water partition coefficient (Wildman–Crippen LogP) is 4.96. The Bertz CT molecular complexity index is 1040. The zero-order valence-corrected chi connectivity index (χ0v) is 21.6. The van der Waals surface area contributed by atoms with Crippen LogP contribution in [0.5, 0.6) is 11.5 Å². The molecule has 2 heterocycles. The standard InChI is InChI=1S/C26H30FN5O.HI/c1-28-26(31-22-11-14-32(15-12-22)19-20-6-3-2-4-7-20)30-17-21-9-10-25(24(27)16-21)33-23-8-5-13-29-18-23;/h2-10,13,16,18,22H,11-12,14-15,17,19H2,1H3,(H2,28,30,31);1H. The number of aromatic nitrogens is 1. The second-order valence-corrected chi connectivity index (χ2v) is 8.16. The lowest BCUT2D eigenvalue weighted by atomic mass is 10.0. The highest BCUT2D eigenvalue weighted by Gasteiger charge is 2.20. The maximum absolute atomic E-state index is 14.5. The van der Waals surface area contributed by atoms with E-state index < -0.39 is 5.82 Å². The van der Waals surface area contributed by atoms with Crippen LogP contribution in [0.2, 0.25) is 0 Å². The second-order valence-electron chi connectivity index (χ2n) is 8.16. The smallest absolute Gasteiger partial charge is 0.191 e. The summed E-state index contributed by atoms with van der Waals surface area (Å²) in [6.07, 6.45) is 5.31. The molecule has 1 aliphatic heterocycles. The molecule has 2 N–H and O–H groups in total. The molecule has 0 spiro atoms. The van der Waals surface area contributed by atoms with E-state index in [9.17, 15) is 4.39 Å². The van der Waals surface area contributed by atoms with Gasteiger partial charge < -0.3 is 15.4 Å².